The average Bonchev–Trinajstić information content (AvgIpc) is 2.49. The van der Waals surface area contributed by atoms with Crippen molar-refractivity contribution in [3.63, 3.8) is 0 Å². The Balaban J connectivity index is 2.05. The van der Waals surface area contributed by atoms with Gasteiger partial charge in [0.1, 0.15) is 12.5 Å². The third-order valence-corrected chi connectivity index (χ3v) is 2.93. The fraction of sp³-hybridized carbons (Fsp3) is 0. The first-order valence-electron chi connectivity index (χ1n) is 6.01. The average molecular weight is 266 g/mol. The second kappa shape index (κ2) is 5.01. The molecule has 0 radical (unpaired) electrons. The van der Waals surface area contributed by atoms with Crippen LogP contribution in [0.5, 0.6) is 0 Å². The van der Waals surface area contributed by atoms with E-state index in [1.165, 1.54) is 24.7 Å². The number of benzene rings is 1. The maximum atomic E-state index is 11.0. The van der Waals surface area contributed by atoms with Gasteiger partial charge in [0.05, 0.1) is 0 Å². The predicted molar refractivity (Wildman–Crippen MR) is 74.4 cm³/mol. The van der Waals surface area contributed by atoms with Crippen molar-refractivity contribution >= 4 is 0 Å². The maximum Gasteiger partial charge on any atom is 0.335 e. The Bertz CT molecular complexity index is 749. The topological polar surface area (TPSA) is 60.4 Å². The van der Waals surface area contributed by atoms with Crippen LogP contribution in [0.1, 0.15) is 0 Å². The highest BCUT2D eigenvalue weighted by Gasteiger charge is 2.03. The van der Waals surface area contributed by atoms with Gasteiger partial charge in [-0.05, 0) is 29.3 Å². The summed E-state index contributed by atoms with van der Waals surface area (Å²) in [6.07, 6.45) is 2.85. The molecule has 0 spiro atoms. The molecule has 98 valence electrons. The van der Waals surface area contributed by atoms with Crippen LogP contribution in [0.15, 0.2) is 79.5 Å². The number of hydrogen-bond donors (Lipinski definition) is 0. The van der Waals surface area contributed by atoms with Crippen LogP contribution in [0, 0.1) is 0 Å². The zero-order valence-corrected chi connectivity index (χ0v) is 10.4. The molecule has 0 saturated heterocycles. The van der Waals surface area contributed by atoms with E-state index in [0.29, 0.717) is 0 Å². The molecule has 4 heteroatoms. The van der Waals surface area contributed by atoms with Crippen LogP contribution in [0.25, 0.3) is 22.3 Å². The van der Waals surface area contributed by atoms with E-state index in [1.807, 2.05) is 24.3 Å². The lowest BCUT2D eigenvalue weighted by molar-refractivity contribution is 0.512. The Labute approximate surface area is 113 Å². The highest BCUT2D eigenvalue weighted by molar-refractivity contribution is 5.71. The van der Waals surface area contributed by atoms with Gasteiger partial charge in [0, 0.05) is 23.3 Å². The lowest BCUT2D eigenvalue weighted by atomic mass is 10.0. The highest BCUT2D eigenvalue weighted by Crippen LogP contribution is 2.25. The molecule has 0 N–H and O–H groups in total. The van der Waals surface area contributed by atoms with Crippen molar-refractivity contribution in [1.82, 2.24) is 0 Å². The van der Waals surface area contributed by atoms with Gasteiger partial charge in [-0.3, -0.25) is 0 Å². The van der Waals surface area contributed by atoms with Gasteiger partial charge < -0.3 is 8.83 Å². The summed E-state index contributed by atoms with van der Waals surface area (Å²) in [4.78, 5) is 21.9. The van der Waals surface area contributed by atoms with E-state index in [0.717, 1.165) is 22.3 Å². The Hall–Kier alpha value is -2.88. The van der Waals surface area contributed by atoms with E-state index in [4.69, 9.17) is 8.83 Å². The molecule has 0 unspecified atom stereocenters. The Morgan fingerprint density at radius 1 is 0.600 bits per heavy atom. The fourth-order valence-electron chi connectivity index (χ4n) is 1.92. The van der Waals surface area contributed by atoms with E-state index in [9.17, 15) is 9.59 Å². The number of hydrogen-bond acceptors (Lipinski definition) is 4. The first-order chi connectivity index (χ1) is 9.72. The van der Waals surface area contributed by atoms with Gasteiger partial charge in [-0.1, -0.05) is 18.2 Å². The standard InChI is InChI=1S/C16H10O4/c17-15-6-4-13(9-19-15)11-2-1-3-12(8-11)14-5-7-16(18)20-10-14/h1-10H. The van der Waals surface area contributed by atoms with Crippen molar-refractivity contribution in [2.75, 3.05) is 0 Å². The van der Waals surface area contributed by atoms with Crippen LogP contribution >= 0.6 is 0 Å². The predicted octanol–water partition coefficient (Wildman–Crippen LogP) is 2.93. The minimum atomic E-state index is -0.380. The fourth-order valence-corrected chi connectivity index (χ4v) is 1.92. The molecule has 2 heterocycles. The molecule has 0 fully saturated rings. The third-order valence-electron chi connectivity index (χ3n) is 2.93. The monoisotopic (exact) mass is 266 g/mol. The highest BCUT2D eigenvalue weighted by atomic mass is 16.4. The molecule has 0 amide bonds. The smallest absolute Gasteiger partial charge is 0.335 e. The first-order valence-corrected chi connectivity index (χ1v) is 6.01. The summed E-state index contributed by atoms with van der Waals surface area (Å²) in [7, 11) is 0. The summed E-state index contributed by atoms with van der Waals surface area (Å²) in [6.45, 7) is 0. The minimum absolute atomic E-state index is 0.380. The van der Waals surface area contributed by atoms with Crippen molar-refractivity contribution in [2.24, 2.45) is 0 Å². The normalized spacial score (nSPS) is 10.4. The van der Waals surface area contributed by atoms with Gasteiger partial charge in [0.2, 0.25) is 0 Å². The molecular formula is C16H10O4. The second-order valence-corrected chi connectivity index (χ2v) is 4.27. The SMILES string of the molecule is O=c1ccc(-c2cccc(-c3ccc(=O)oc3)c2)co1. The molecule has 1 aromatic carbocycles. The molecule has 20 heavy (non-hydrogen) atoms. The quantitative estimate of drug-likeness (QED) is 0.715. The maximum absolute atomic E-state index is 11.0. The summed E-state index contributed by atoms with van der Waals surface area (Å²) in [5.74, 6) is 0. The Morgan fingerprint density at radius 2 is 1.10 bits per heavy atom. The molecule has 0 atom stereocenters. The minimum Gasteiger partial charge on any atom is -0.431 e. The van der Waals surface area contributed by atoms with E-state index in [-0.39, 0.29) is 11.3 Å². The van der Waals surface area contributed by atoms with Crippen molar-refractivity contribution in [2.45, 2.75) is 0 Å². The Kier molecular flexibility index (Phi) is 3.05. The molecular weight excluding hydrogens is 256 g/mol. The molecule has 0 saturated carbocycles. The molecule has 0 aliphatic heterocycles. The van der Waals surface area contributed by atoms with Crippen molar-refractivity contribution in [3.8, 4) is 22.3 Å². The van der Waals surface area contributed by atoms with Crippen LogP contribution in [-0.2, 0) is 0 Å². The van der Waals surface area contributed by atoms with E-state index < -0.39 is 0 Å². The van der Waals surface area contributed by atoms with Crippen molar-refractivity contribution < 1.29 is 8.83 Å². The second-order valence-electron chi connectivity index (χ2n) is 4.27. The van der Waals surface area contributed by atoms with Gasteiger partial charge in [0.15, 0.2) is 0 Å². The van der Waals surface area contributed by atoms with E-state index in [2.05, 4.69) is 0 Å². The molecule has 3 rings (SSSR count). The molecule has 0 bridgehead atoms. The molecule has 2 aromatic heterocycles. The lowest BCUT2D eigenvalue weighted by Gasteiger charge is -2.04. The van der Waals surface area contributed by atoms with Gasteiger partial charge in [-0.15, -0.1) is 0 Å². The van der Waals surface area contributed by atoms with Crippen LogP contribution in [-0.4, -0.2) is 0 Å². The zero-order chi connectivity index (χ0) is 13.9. The Morgan fingerprint density at radius 3 is 1.50 bits per heavy atom. The van der Waals surface area contributed by atoms with Crippen LogP contribution < -0.4 is 11.3 Å². The van der Waals surface area contributed by atoms with Crippen LogP contribution in [0.2, 0.25) is 0 Å². The summed E-state index contributed by atoms with van der Waals surface area (Å²) in [6, 6.07) is 13.8. The summed E-state index contributed by atoms with van der Waals surface area (Å²) in [5, 5.41) is 0. The summed E-state index contributed by atoms with van der Waals surface area (Å²) >= 11 is 0. The van der Waals surface area contributed by atoms with Crippen LogP contribution in [0.4, 0.5) is 0 Å². The van der Waals surface area contributed by atoms with Gasteiger partial charge in [-0.25, -0.2) is 9.59 Å². The number of rotatable bonds is 2. The third kappa shape index (κ3) is 2.44. The molecule has 0 aliphatic rings. The van der Waals surface area contributed by atoms with Gasteiger partial charge in [0.25, 0.3) is 0 Å². The summed E-state index contributed by atoms with van der Waals surface area (Å²) < 4.78 is 9.72. The van der Waals surface area contributed by atoms with E-state index >= 15 is 0 Å². The largest absolute Gasteiger partial charge is 0.431 e. The lowest BCUT2D eigenvalue weighted by Crippen LogP contribution is -1.94. The van der Waals surface area contributed by atoms with Gasteiger partial charge in [-0.2, -0.15) is 0 Å². The van der Waals surface area contributed by atoms with E-state index in [1.54, 1.807) is 12.1 Å². The van der Waals surface area contributed by atoms with Crippen molar-refractivity contribution in [1.29, 1.82) is 0 Å². The first kappa shape index (κ1) is 12.2. The summed E-state index contributed by atoms with van der Waals surface area (Å²) in [5.41, 5.74) is 2.69. The molecule has 0 aliphatic carbocycles. The van der Waals surface area contributed by atoms with Crippen LogP contribution in [0.3, 0.4) is 0 Å². The molecule has 3 aromatic rings. The van der Waals surface area contributed by atoms with Crippen molar-refractivity contribution in [3.05, 3.63) is 81.9 Å². The van der Waals surface area contributed by atoms with Gasteiger partial charge >= 0.3 is 11.3 Å². The zero-order valence-electron chi connectivity index (χ0n) is 10.4. The molecule has 4 nitrogen and oxygen atoms in total.